The summed E-state index contributed by atoms with van der Waals surface area (Å²) < 4.78 is 38.7. The number of carbonyl (C=O) groups is 1. The second kappa shape index (κ2) is 9.81. The fraction of sp³-hybridized carbons (Fsp3) is 0.321. The number of hydrogen-bond acceptors (Lipinski definition) is 6. The third-order valence-corrected chi connectivity index (χ3v) is 8.65. The zero-order valence-electron chi connectivity index (χ0n) is 20.8. The zero-order valence-corrected chi connectivity index (χ0v) is 21.6. The van der Waals surface area contributed by atoms with Gasteiger partial charge in [-0.1, -0.05) is 31.2 Å². The number of sulfonamides is 1. The first-order valence-electron chi connectivity index (χ1n) is 12.3. The molecule has 3 N–H and O–H groups in total. The van der Waals surface area contributed by atoms with Gasteiger partial charge in [0.25, 0.3) is 0 Å². The van der Waals surface area contributed by atoms with E-state index in [4.69, 9.17) is 9.47 Å². The highest BCUT2D eigenvalue weighted by Crippen LogP contribution is 2.51. The Labute approximate surface area is 218 Å². The van der Waals surface area contributed by atoms with Gasteiger partial charge in [-0.05, 0) is 84.8 Å². The summed E-state index contributed by atoms with van der Waals surface area (Å²) in [5.74, 6) is 1.29. The van der Waals surface area contributed by atoms with Crippen LogP contribution in [0.3, 0.4) is 0 Å². The summed E-state index contributed by atoms with van der Waals surface area (Å²) in [4.78, 5) is 13.5. The Hall–Kier alpha value is -3.40. The minimum atomic E-state index is -3.74. The lowest BCUT2D eigenvalue weighted by atomic mass is 9.94. The molecule has 0 saturated heterocycles. The molecule has 1 amide bonds. The van der Waals surface area contributed by atoms with Crippen molar-refractivity contribution in [2.24, 2.45) is 0 Å². The van der Waals surface area contributed by atoms with E-state index in [9.17, 15) is 18.3 Å². The predicted molar refractivity (Wildman–Crippen MR) is 142 cm³/mol. The van der Waals surface area contributed by atoms with E-state index in [1.807, 2.05) is 43.3 Å². The number of aryl methyl sites for hydroxylation is 1. The molecule has 0 radical (unpaired) electrons. The van der Waals surface area contributed by atoms with Gasteiger partial charge in [-0.3, -0.25) is 4.79 Å². The van der Waals surface area contributed by atoms with E-state index in [1.54, 1.807) is 31.2 Å². The van der Waals surface area contributed by atoms with Crippen LogP contribution < -0.4 is 19.5 Å². The molecule has 1 saturated carbocycles. The number of ether oxygens (including phenoxy) is 2. The normalized spacial score (nSPS) is 16.3. The number of amides is 1. The summed E-state index contributed by atoms with van der Waals surface area (Å²) in [6.45, 7) is 3.70. The van der Waals surface area contributed by atoms with E-state index >= 15 is 0 Å². The zero-order chi connectivity index (χ0) is 26.2. The molecule has 196 valence electrons. The maximum atomic E-state index is 13.3. The number of fused-ring (bicyclic) bond motifs is 1. The molecule has 9 heteroatoms. The molecule has 37 heavy (non-hydrogen) atoms. The quantitative estimate of drug-likeness (QED) is 0.383. The van der Waals surface area contributed by atoms with Crippen LogP contribution in [0.25, 0.3) is 11.1 Å². The summed E-state index contributed by atoms with van der Waals surface area (Å²) in [5.41, 5.74) is 3.72. The summed E-state index contributed by atoms with van der Waals surface area (Å²) >= 11 is 0. The van der Waals surface area contributed by atoms with Crippen LogP contribution in [0.1, 0.15) is 38.7 Å². The molecule has 1 atom stereocenters. The van der Waals surface area contributed by atoms with E-state index in [0.29, 0.717) is 23.6 Å². The lowest BCUT2D eigenvalue weighted by Crippen LogP contribution is -2.36. The molecule has 5 rings (SSSR count). The average molecular weight is 525 g/mol. The fourth-order valence-corrected chi connectivity index (χ4v) is 5.89. The summed E-state index contributed by atoms with van der Waals surface area (Å²) in [7, 11) is -3.74. The second-order valence-corrected chi connectivity index (χ2v) is 11.3. The monoisotopic (exact) mass is 524 g/mol. The minimum Gasteiger partial charge on any atom is -0.454 e. The molecular formula is C28H32N2O6S. The molecule has 0 aromatic heterocycles. The standard InChI is InChI=1S/C28H30N2O6S.H2/c1-3-21(16-31)30-37(33,34)23-9-5-19(6-10-23)24-15-22(8-4-18(24)2)29-27(32)28(12-13-28)20-7-11-25-26(14-20)36-17-35-25;/h4-11,14-15,21,30-31H,3,12-13,16-17H2,1-2H3,(H,29,32);1H. The number of nitrogens with one attached hydrogen (secondary N) is 2. The lowest BCUT2D eigenvalue weighted by Gasteiger charge is -2.18. The van der Waals surface area contributed by atoms with Crippen LogP contribution in [0.4, 0.5) is 5.69 Å². The lowest BCUT2D eigenvalue weighted by molar-refractivity contribution is -0.118. The third-order valence-electron chi connectivity index (χ3n) is 7.12. The van der Waals surface area contributed by atoms with E-state index in [2.05, 4.69) is 10.0 Å². The SMILES string of the molecule is CCC(CO)NS(=O)(=O)c1ccc(-c2cc(NC(=O)C3(c4ccc5c(c4)OCO5)CC3)ccc2C)cc1.[HH]. The smallest absolute Gasteiger partial charge is 0.240 e. The molecule has 8 nitrogen and oxygen atoms in total. The van der Waals surface area contributed by atoms with Crippen LogP contribution >= 0.6 is 0 Å². The minimum absolute atomic E-state index is 0. The Bertz CT molecular complexity index is 1430. The third kappa shape index (κ3) is 4.94. The molecule has 1 fully saturated rings. The van der Waals surface area contributed by atoms with Crippen molar-refractivity contribution in [3.63, 3.8) is 0 Å². The van der Waals surface area contributed by atoms with Crippen molar-refractivity contribution in [2.75, 3.05) is 18.7 Å². The van der Waals surface area contributed by atoms with Gasteiger partial charge < -0.3 is 19.9 Å². The highest BCUT2D eigenvalue weighted by molar-refractivity contribution is 7.89. The van der Waals surface area contributed by atoms with Crippen LogP contribution in [0.2, 0.25) is 0 Å². The number of aliphatic hydroxyl groups excluding tert-OH is 1. The number of benzene rings is 3. The van der Waals surface area contributed by atoms with Crippen LogP contribution in [-0.2, 0) is 20.2 Å². The van der Waals surface area contributed by atoms with E-state index < -0.39 is 21.5 Å². The van der Waals surface area contributed by atoms with Crippen LogP contribution in [0.5, 0.6) is 11.5 Å². The number of anilines is 1. The number of aliphatic hydroxyl groups is 1. The molecule has 1 heterocycles. The highest BCUT2D eigenvalue weighted by Gasteiger charge is 2.51. The average Bonchev–Trinajstić information content (AvgIpc) is 3.59. The Morgan fingerprint density at radius 2 is 1.78 bits per heavy atom. The molecule has 1 aliphatic carbocycles. The number of rotatable bonds is 9. The van der Waals surface area contributed by atoms with Gasteiger partial charge in [0, 0.05) is 13.2 Å². The van der Waals surface area contributed by atoms with E-state index in [-0.39, 0.29) is 25.6 Å². The van der Waals surface area contributed by atoms with Crippen molar-refractivity contribution in [1.82, 2.24) is 4.72 Å². The number of carbonyl (C=O) groups excluding carboxylic acids is 1. The molecular weight excluding hydrogens is 492 g/mol. The molecule has 3 aromatic carbocycles. The Balaban J connectivity index is 0.00000336. The van der Waals surface area contributed by atoms with E-state index in [1.165, 1.54) is 0 Å². The highest BCUT2D eigenvalue weighted by atomic mass is 32.2. The molecule has 2 aliphatic rings. The number of hydrogen-bond donors (Lipinski definition) is 3. The van der Waals surface area contributed by atoms with Crippen molar-refractivity contribution in [1.29, 1.82) is 0 Å². The Morgan fingerprint density at radius 3 is 2.46 bits per heavy atom. The van der Waals surface area contributed by atoms with E-state index in [0.717, 1.165) is 35.1 Å². The predicted octanol–water partition coefficient (Wildman–Crippen LogP) is 4.36. The van der Waals surface area contributed by atoms with Gasteiger partial charge in [-0.15, -0.1) is 0 Å². The van der Waals surface area contributed by atoms with Gasteiger partial charge in [0.2, 0.25) is 22.7 Å². The van der Waals surface area contributed by atoms with Crippen LogP contribution in [0.15, 0.2) is 65.6 Å². The van der Waals surface area contributed by atoms with Crippen molar-refractivity contribution in [3.8, 4) is 22.6 Å². The Morgan fingerprint density at radius 1 is 1.05 bits per heavy atom. The van der Waals surface area contributed by atoms with Crippen molar-refractivity contribution in [2.45, 2.75) is 49.5 Å². The first kappa shape index (κ1) is 25.3. The summed E-state index contributed by atoms with van der Waals surface area (Å²) in [6, 6.07) is 17.4. The van der Waals surface area contributed by atoms with Crippen molar-refractivity contribution < 1.29 is 29.2 Å². The first-order chi connectivity index (χ1) is 17.8. The Kier molecular flexibility index (Phi) is 6.70. The van der Waals surface area contributed by atoms with Gasteiger partial charge >= 0.3 is 0 Å². The molecule has 3 aromatic rings. The molecule has 0 spiro atoms. The molecule has 1 unspecified atom stereocenters. The second-order valence-electron chi connectivity index (χ2n) is 9.57. The van der Waals surface area contributed by atoms with Crippen molar-refractivity contribution in [3.05, 3.63) is 71.8 Å². The van der Waals surface area contributed by atoms with Gasteiger partial charge in [0.05, 0.1) is 16.9 Å². The van der Waals surface area contributed by atoms with Gasteiger partial charge in [-0.2, -0.15) is 0 Å². The van der Waals surface area contributed by atoms with Gasteiger partial charge in [-0.25, -0.2) is 13.1 Å². The molecule has 0 bridgehead atoms. The van der Waals surface area contributed by atoms with Crippen molar-refractivity contribution >= 4 is 21.6 Å². The first-order valence-corrected chi connectivity index (χ1v) is 13.8. The summed E-state index contributed by atoms with van der Waals surface area (Å²) in [5, 5.41) is 12.4. The molecule has 1 aliphatic heterocycles. The fourth-order valence-electron chi connectivity index (χ4n) is 4.58. The maximum absolute atomic E-state index is 13.3. The van der Waals surface area contributed by atoms with Gasteiger partial charge in [0.15, 0.2) is 11.5 Å². The van der Waals surface area contributed by atoms with Crippen LogP contribution in [0, 0.1) is 6.92 Å². The topological polar surface area (TPSA) is 114 Å². The van der Waals surface area contributed by atoms with Crippen LogP contribution in [-0.4, -0.2) is 38.9 Å². The maximum Gasteiger partial charge on any atom is 0.240 e. The summed E-state index contributed by atoms with van der Waals surface area (Å²) in [6.07, 6.45) is 2.01. The largest absolute Gasteiger partial charge is 0.454 e. The van der Waals surface area contributed by atoms with Gasteiger partial charge in [0.1, 0.15) is 0 Å².